The van der Waals surface area contributed by atoms with Crippen LogP contribution in [0.4, 0.5) is 0 Å². The van der Waals surface area contributed by atoms with Crippen LogP contribution in [0.5, 0.6) is 0 Å². The summed E-state index contributed by atoms with van der Waals surface area (Å²) < 4.78 is 4.70. The molecular formula is C10H16O4. The lowest BCUT2D eigenvalue weighted by Crippen LogP contribution is -2.06. The third-order valence-corrected chi connectivity index (χ3v) is 0.900. The summed E-state index contributed by atoms with van der Waals surface area (Å²) in [6.45, 7) is 10.7. The first kappa shape index (κ1) is 14.9. The summed E-state index contributed by atoms with van der Waals surface area (Å²) in [5, 5.41) is 7.60. The molecule has 0 saturated heterocycles. The van der Waals surface area contributed by atoms with E-state index in [1.54, 1.807) is 0 Å². The Bertz CT molecular complexity index is 206. The number of hydrogen-bond acceptors (Lipinski definition) is 3. The van der Waals surface area contributed by atoms with Crippen molar-refractivity contribution in [3.63, 3.8) is 0 Å². The number of hydrogen-bond donors (Lipinski definition) is 1. The molecule has 0 unspecified atom stereocenters. The monoisotopic (exact) mass is 200 g/mol. The molecule has 0 atom stereocenters. The molecule has 14 heavy (non-hydrogen) atoms. The molecular weight excluding hydrogens is 184 g/mol. The number of ether oxygens (including phenoxy) is 1. The van der Waals surface area contributed by atoms with E-state index in [0.29, 0.717) is 12.5 Å². The average Bonchev–Trinajstić information content (AvgIpc) is 2.14. The van der Waals surface area contributed by atoms with Gasteiger partial charge in [-0.3, -0.25) is 0 Å². The summed E-state index contributed by atoms with van der Waals surface area (Å²) in [6.07, 6.45) is 2.00. The number of carboxylic acid groups (broad SMARTS) is 1. The Hall–Kier alpha value is -1.58. The van der Waals surface area contributed by atoms with Gasteiger partial charge in [0.05, 0.1) is 6.61 Å². The van der Waals surface area contributed by atoms with Gasteiger partial charge in [0.25, 0.3) is 0 Å². The normalized spacial score (nSPS) is 8.21. The molecule has 0 spiro atoms. The van der Waals surface area contributed by atoms with Crippen LogP contribution in [0.2, 0.25) is 0 Å². The van der Waals surface area contributed by atoms with E-state index < -0.39 is 5.97 Å². The number of carbonyl (C=O) groups is 2. The fraction of sp³-hybridized carbons (Fsp3) is 0.400. The van der Waals surface area contributed by atoms with Crippen LogP contribution in [0.25, 0.3) is 0 Å². The van der Waals surface area contributed by atoms with Crippen molar-refractivity contribution >= 4 is 11.9 Å². The van der Waals surface area contributed by atoms with E-state index >= 15 is 0 Å². The zero-order valence-electron chi connectivity index (χ0n) is 8.53. The van der Waals surface area contributed by atoms with Crippen LogP contribution in [0.1, 0.15) is 13.8 Å². The molecule has 0 aromatic heterocycles. The highest BCUT2D eigenvalue weighted by atomic mass is 16.5. The van der Waals surface area contributed by atoms with Gasteiger partial charge in [-0.25, -0.2) is 9.59 Å². The maximum atomic E-state index is 10.4. The Morgan fingerprint density at radius 2 is 1.79 bits per heavy atom. The SMILES string of the molecule is C=CC(=O)O.C=CC(=O)OCC(C)C. The molecule has 0 radical (unpaired) electrons. The van der Waals surface area contributed by atoms with Crippen LogP contribution in [-0.4, -0.2) is 23.7 Å². The molecule has 0 aliphatic carbocycles. The quantitative estimate of drug-likeness (QED) is 0.553. The average molecular weight is 200 g/mol. The van der Waals surface area contributed by atoms with Gasteiger partial charge in [0.1, 0.15) is 0 Å². The van der Waals surface area contributed by atoms with Crippen LogP contribution in [0, 0.1) is 5.92 Å². The fourth-order valence-electron chi connectivity index (χ4n) is 0.308. The molecule has 4 nitrogen and oxygen atoms in total. The molecule has 0 aromatic carbocycles. The smallest absolute Gasteiger partial charge is 0.330 e. The van der Waals surface area contributed by atoms with E-state index in [1.807, 2.05) is 13.8 Å². The van der Waals surface area contributed by atoms with Crippen molar-refractivity contribution in [2.45, 2.75) is 13.8 Å². The minimum Gasteiger partial charge on any atom is -0.478 e. The molecule has 0 aliphatic heterocycles. The van der Waals surface area contributed by atoms with Crippen LogP contribution in [0.15, 0.2) is 25.3 Å². The first-order valence-electron chi connectivity index (χ1n) is 4.08. The third-order valence-electron chi connectivity index (χ3n) is 0.900. The molecule has 0 fully saturated rings. The van der Waals surface area contributed by atoms with Crippen molar-refractivity contribution in [2.75, 3.05) is 6.61 Å². The summed E-state index contributed by atoms with van der Waals surface area (Å²) in [7, 11) is 0. The van der Waals surface area contributed by atoms with Gasteiger partial charge in [-0.15, -0.1) is 0 Å². The zero-order valence-corrected chi connectivity index (χ0v) is 8.53. The molecule has 0 bridgehead atoms. The van der Waals surface area contributed by atoms with Gasteiger partial charge in [-0.05, 0) is 5.92 Å². The van der Waals surface area contributed by atoms with Crippen molar-refractivity contribution < 1.29 is 19.4 Å². The van der Waals surface area contributed by atoms with E-state index in [9.17, 15) is 9.59 Å². The lowest BCUT2D eigenvalue weighted by Gasteiger charge is -2.02. The van der Waals surface area contributed by atoms with Crippen LogP contribution in [-0.2, 0) is 14.3 Å². The largest absolute Gasteiger partial charge is 0.478 e. The number of carbonyl (C=O) groups excluding carboxylic acids is 1. The van der Waals surface area contributed by atoms with Gasteiger partial charge in [0, 0.05) is 12.2 Å². The van der Waals surface area contributed by atoms with Gasteiger partial charge < -0.3 is 9.84 Å². The van der Waals surface area contributed by atoms with Crippen LogP contribution < -0.4 is 0 Å². The van der Waals surface area contributed by atoms with E-state index in [2.05, 4.69) is 13.2 Å². The number of rotatable bonds is 4. The summed E-state index contributed by atoms with van der Waals surface area (Å²) in [4.78, 5) is 19.6. The summed E-state index contributed by atoms with van der Waals surface area (Å²) >= 11 is 0. The van der Waals surface area contributed by atoms with Crippen molar-refractivity contribution in [2.24, 2.45) is 5.92 Å². The Balaban J connectivity index is 0. The van der Waals surface area contributed by atoms with Gasteiger partial charge in [0.2, 0.25) is 0 Å². The van der Waals surface area contributed by atoms with Crippen molar-refractivity contribution in [1.82, 2.24) is 0 Å². The first-order chi connectivity index (χ1) is 6.43. The molecule has 0 aliphatic rings. The Morgan fingerprint density at radius 3 is 2.00 bits per heavy atom. The second-order valence-corrected chi connectivity index (χ2v) is 2.77. The topological polar surface area (TPSA) is 63.6 Å². The van der Waals surface area contributed by atoms with Gasteiger partial charge in [0.15, 0.2) is 0 Å². The second-order valence-electron chi connectivity index (χ2n) is 2.77. The van der Waals surface area contributed by atoms with Gasteiger partial charge in [-0.1, -0.05) is 27.0 Å². The maximum Gasteiger partial charge on any atom is 0.330 e. The van der Waals surface area contributed by atoms with Gasteiger partial charge in [-0.2, -0.15) is 0 Å². The Morgan fingerprint density at radius 1 is 1.36 bits per heavy atom. The van der Waals surface area contributed by atoms with Crippen molar-refractivity contribution in [3.05, 3.63) is 25.3 Å². The first-order valence-corrected chi connectivity index (χ1v) is 4.08. The van der Waals surface area contributed by atoms with Crippen molar-refractivity contribution in [1.29, 1.82) is 0 Å². The molecule has 0 amide bonds. The molecule has 0 saturated carbocycles. The van der Waals surface area contributed by atoms with E-state index in [0.717, 1.165) is 6.08 Å². The molecule has 0 aromatic rings. The summed E-state index contributed by atoms with van der Waals surface area (Å²) in [5.74, 6) is -0.928. The predicted octanol–water partition coefficient (Wildman–Crippen LogP) is 1.63. The van der Waals surface area contributed by atoms with Crippen molar-refractivity contribution in [3.8, 4) is 0 Å². The molecule has 0 heterocycles. The lowest BCUT2D eigenvalue weighted by atomic mass is 10.2. The van der Waals surface area contributed by atoms with E-state index in [1.165, 1.54) is 6.08 Å². The van der Waals surface area contributed by atoms with E-state index in [-0.39, 0.29) is 5.97 Å². The summed E-state index contributed by atoms with van der Waals surface area (Å²) in [6, 6.07) is 0. The minimum absolute atomic E-state index is 0.344. The standard InChI is InChI=1S/C7H12O2.C3H4O2/c1-4-7(8)9-5-6(2)3;1-2-3(4)5/h4,6H,1,5H2,2-3H3;2H,1H2,(H,4,5). The second kappa shape index (κ2) is 9.51. The molecule has 4 heteroatoms. The predicted molar refractivity (Wildman–Crippen MR) is 53.8 cm³/mol. The zero-order chi connectivity index (χ0) is 11.6. The molecule has 80 valence electrons. The fourth-order valence-corrected chi connectivity index (χ4v) is 0.308. The number of esters is 1. The number of aliphatic carboxylic acids is 1. The van der Waals surface area contributed by atoms with Gasteiger partial charge >= 0.3 is 11.9 Å². The Labute approximate surface area is 83.9 Å². The Kier molecular flexibility index (Phi) is 10.1. The third kappa shape index (κ3) is 16.8. The summed E-state index contributed by atoms with van der Waals surface area (Å²) in [5.41, 5.74) is 0. The number of carboxylic acids is 1. The molecule has 1 N–H and O–H groups in total. The minimum atomic E-state index is -0.981. The highest BCUT2D eigenvalue weighted by molar-refractivity contribution is 5.81. The highest BCUT2D eigenvalue weighted by Gasteiger charge is 1.96. The van der Waals surface area contributed by atoms with E-state index in [4.69, 9.17) is 9.84 Å². The highest BCUT2D eigenvalue weighted by Crippen LogP contribution is 1.92. The molecule has 0 rings (SSSR count). The van der Waals surface area contributed by atoms with Crippen LogP contribution >= 0.6 is 0 Å². The maximum absolute atomic E-state index is 10.4. The van der Waals surface area contributed by atoms with Crippen LogP contribution in [0.3, 0.4) is 0 Å². The lowest BCUT2D eigenvalue weighted by molar-refractivity contribution is -0.138.